The Kier molecular flexibility index (Phi) is 4.02. The maximum absolute atomic E-state index is 12.2. The molecule has 0 fully saturated rings. The fourth-order valence-corrected chi connectivity index (χ4v) is 3.35. The van der Waals surface area contributed by atoms with Gasteiger partial charge in [0.1, 0.15) is 15.8 Å². The first-order valence-electron chi connectivity index (χ1n) is 7.77. The predicted molar refractivity (Wildman–Crippen MR) is 91.3 cm³/mol. The number of rotatable bonds is 4. The topological polar surface area (TPSA) is 97.1 Å². The van der Waals surface area contributed by atoms with Crippen LogP contribution >= 0.6 is 11.3 Å². The molecule has 2 N–H and O–H groups in total. The zero-order valence-corrected chi connectivity index (χ0v) is 13.9. The summed E-state index contributed by atoms with van der Waals surface area (Å²) in [7, 11) is 0. The Morgan fingerprint density at radius 2 is 2.12 bits per heavy atom. The molecule has 0 saturated carbocycles. The third kappa shape index (κ3) is 3.16. The van der Waals surface area contributed by atoms with Gasteiger partial charge < -0.3 is 15.1 Å². The Labute approximate surface area is 147 Å². The summed E-state index contributed by atoms with van der Waals surface area (Å²) in [5, 5.41) is 15.2. The molecule has 8 heteroatoms. The van der Waals surface area contributed by atoms with Gasteiger partial charge in [-0.15, -0.1) is 10.2 Å². The molecule has 7 nitrogen and oxygen atoms in total. The van der Waals surface area contributed by atoms with E-state index in [0.29, 0.717) is 29.3 Å². The molecule has 0 aliphatic carbocycles. The van der Waals surface area contributed by atoms with Crippen LogP contribution in [0.5, 0.6) is 0 Å². The average Bonchev–Trinajstić information content (AvgIpc) is 3.28. The highest BCUT2D eigenvalue weighted by atomic mass is 32.1. The molecule has 3 aromatic rings. The van der Waals surface area contributed by atoms with Gasteiger partial charge in [-0.2, -0.15) is 0 Å². The van der Waals surface area contributed by atoms with Crippen LogP contribution in [0.3, 0.4) is 0 Å². The van der Waals surface area contributed by atoms with Crippen molar-refractivity contribution in [2.45, 2.75) is 13.0 Å². The lowest BCUT2D eigenvalue weighted by Gasteiger charge is -2.09. The van der Waals surface area contributed by atoms with E-state index in [1.165, 1.54) is 17.4 Å². The summed E-state index contributed by atoms with van der Waals surface area (Å²) < 4.78 is 5.50. The number of aromatic nitrogens is 2. The average molecular weight is 354 g/mol. The van der Waals surface area contributed by atoms with Gasteiger partial charge >= 0.3 is 0 Å². The van der Waals surface area contributed by atoms with Crippen molar-refractivity contribution in [3.05, 3.63) is 58.5 Å². The molecular weight excluding hydrogens is 340 g/mol. The summed E-state index contributed by atoms with van der Waals surface area (Å²) in [6.07, 6.45) is 0.588. The Balaban J connectivity index is 1.43. The van der Waals surface area contributed by atoms with Crippen molar-refractivity contribution in [3.8, 4) is 10.6 Å². The molecule has 0 radical (unpaired) electrons. The van der Waals surface area contributed by atoms with Crippen LogP contribution in [0.25, 0.3) is 10.6 Å². The van der Waals surface area contributed by atoms with E-state index >= 15 is 0 Å². The Morgan fingerprint density at radius 3 is 2.92 bits per heavy atom. The van der Waals surface area contributed by atoms with Crippen LogP contribution < -0.4 is 10.6 Å². The number of nitrogens with one attached hydrogen (secondary N) is 2. The first-order chi connectivity index (χ1) is 12.2. The number of fused-ring (bicyclic) bond motifs is 1. The zero-order chi connectivity index (χ0) is 17.2. The van der Waals surface area contributed by atoms with E-state index in [9.17, 15) is 9.59 Å². The van der Waals surface area contributed by atoms with Gasteiger partial charge in [-0.1, -0.05) is 41.7 Å². The molecule has 4 rings (SSSR count). The van der Waals surface area contributed by atoms with E-state index in [1.54, 1.807) is 0 Å². The lowest BCUT2D eigenvalue weighted by Crippen LogP contribution is -2.30. The summed E-state index contributed by atoms with van der Waals surface area (Å²) in [6, 6.07) is 11.2. The van der Waals surface area contributed by atoms with Crippen LogP contribution in [0.4, 0.5) is 0 Å². The van der Waals surface area contributed by atoms with Crippen molar-refractivity contribution < 1.29 is 14.0 Å². The van der Waals surface area contributed by atoms with Gasteiger partial charge in [0.25, 0.3) is 11.8 Å². The second kappa shape index (κ2) is 6.48. The molecule has 1 aliphatic rings. The summed E-state index contributed by atoms with van der Waals surface area (Å²) in [6.45, 7) is 0.772. The van der Waals surface area contributed by atoms with Crippen LogP contribution in [0, 0.1) is 0 Å². The van der Waals surface area contributed by atoms with Gasteiger partial charge in [0.05, 0.1) is 12.1 Å². The predicted octanol–water partition coefficient (Wildman–Crippen LogP) is 2.01. The number of benzene rings is 1. The highest BCUT2D eigenvalue weighted by Gasteiger charge is 2.24. The van der Waals surface area contributed by atoms with E-state index < -0.39 is 0 Å². The molecule has 0 saturated heterocycles. The maximum atomic E-state index is 12.2. The minimum absolute atomic E-state index is 0.134. The molecule has 1 aliphatic heterocycles. The van der Waals surface area contributed by atoms with Gasteiger partial charge in [-0.3, -0.25) is 9.59 Å². The molecule has 3 heterocycles. The molecular formula is C17H14N4O3S. The van der Waals surface area contributed by atoms with Crippen molar-refractivity contribution in [1.82, 2.24) is 20.8 Å². The van der Waals surface area contributed by atoms with Gasteiger partial charge in [-0.05, 0) is 0 Å². The van der Waals surface area contributed by atoms with Crippen LogP contribution in [0.15, 0.2) is 40.8 Å². The number of amides is 2. The normalized spacial score (nSPS) is 13.2. The largest absolute Gasteiger partial charge is 0.455 e. The van der Waals surface area contributed by atoms with Crippen molar-refractivity contribution in [1.29, 1.82) is 0 Å². The lowest BCUT2D eigenvalue weighted by molar-refractivity contribution is 0.0914. The summed E-state index contributed by atoms with van der Waals surface area (Å²) in [5.41, 5.74) is 1.42. The molecule has 0 atom stereocenters. The fraction of sp³-hybridized carbons (Fsp3) is 0.176. The SMILES string of the molecule is O=C(NCc1nnc(-c2ccccc2)s1)c1cc2c(o1)CCNC2=O. The first kappa shape index (κ1) is 15.5. The molecule has 126 valence electrons. The molecule has 0 spiro atoms. The van der Waals surface area contributed by atoms with Crippen molar-refractivity contribution in [2.24, 2.45) is 0 Å². The Bertz CT molecular complexity index is 933. The first-order valence-corrected chi connectivity index (χ1v) is 8.59. The third-order valence-corrected chi connectivity index (χ3v) is 4.78. The standard InChI is InChI=1S/C17H14N4O3S/c22-15-11-8-13(24-12(11)6-7-18-15)16(23)19-9-14-20-21-17(25-14)10-4-2-1-3-5-10/h1-5,8H,6-7,9H2,(H,18,22)(H,19,23). The number of hydrogen-bond donors (Lipinski definition) is 2. The van der Waals surface area contributed by atoms with Crippen LogP contribution in [0.1, 0.15) is 31.7 Å². The fourth-order valence-electron chi connectivity index (χ4n) is 2.57. The quantitative estimate of drug-likeness (QED) is 0.747. The molecule has 2 amide bonds. The van der Waals surface area contributed by atoms with E-state index in [4.69, 9.17) is 4.42 Å². The minimum atomic E-state index is -0.376. The van der Waals surface area contributed by atoms with Crippen LogP contribution in [-0.2, 0) is 13.0 Å². The molecule has 0 unspecified atom stereocenters. The summed E-state index contributed by atoms with van der Waals surface area (Å²) in [4.78, 5) is 24.0. The molecule has 2 aromatic heterocycles. The van der Waals surface area contributed by atoms with E-state index in [2.05, 4.69) is 20.8 Å². The Morgan fingerprint density at radius 1 is 1.28 bits per heavy atom. The number of hydrogen-bond acceptors (Lipinski definition) is 6. The molecule has 25 heavy (non-hydrogen) atoms. The minimum Gasteiger partial charge on any atom is -0.455 e. The maximum Gasteiger partial charge on any atom is 0.287 e. The number of furan rings is 1. The molecule has 1 aromatic carbocycles. The third-order valence-electron chi connectivity index (χ3n) is 3.80. The van der Waals surface area contributed by atoms with Gasteiger partial charge in [-0.25, -0.2) is 0 Å². The van der Waals surface area contributed by atoms with Crippen molar-refractivity contribution >= 4 is 23.2 Å². The Hall–Kier alpha value is -3.00. The van der Waals surface area contributed by atoms with Crippen LogP contribution in [-0.4, -0.2) is 28.6 Å². The van der Waals surface area contributed by atoms with Crippen LogP contribution in [0.2, 0.25) is 0 Å². The monoisotopic (exact) mass is 354 g/mol. The number of nitrogens with zero attached hydrogens (tertiary/aromatic N) is 2. The number of carbonyl (C=O) groups is 2. The molecule has 0 bridgehead atoms. The van der Waals surface area contributed by atoms with Gasteiger partial charge in [0, 0.05) is 24.6 Å². The lowest BCUT2D eigenvalue weighted by atomic mass is 10.1. The highest BCUT2D eigenvalue weighted by molar-refractivity contribution is 7.14. The number of carbonyl (C=O) groups excluding carboxylic acids is 2. The smallest absolute Gasteiger partial charge is 0.287 e. The summed E-state index contributed by atoms with van der Waals surface area (Å²) >= 11 is 1.42. The van der Waals surface area contributed by atoms with E-state index in [0.717, 1.165) is 10.6 Å². The second-order valence-corrected chi connectivity index (χ2v) is 6.57. The zero-order valence-electron chi connectivity index (χ0n) is 13.1. The van der Waals surface area contributed by atoms with E-state index in [-0.39, 0.29) is 24.1 Å². The highest BCUT2D eigenvalue weighted by Crippen LogP contribution is 2.23. The summed E-state index contributed by atoms with van der Waals surface area (Å²) in [5.74, 6) is 0.102. The van der Waals surface area contributed by atoms with Crippen molar-refractivity contribution in [2.75, 3.05) is 6.54 Å². The van der Waals surface area contributed by atoms with E-state index in [1.807, 2.05) is 30.3 Å². The van der Waals surface area contributed by atoms with Crippen molar-refractivity contribution in [3.63, 3.8) is 0 Å². The second-order valence-electron chi connectivity index (χ2n) is 5.50. The van der Waals surface area contributed by atoms with Gasteiger partial charge in [0.2, 0.25) is 0 Å². The van der Waals surface area contributed by atoms with Gasteiger partial charge in [0.15, 0.2) is 5.76 Å².